The van der Waals surface area contributed by atoms with Crippen LogP contribution >= 0.6 is 0 Å². The molecular formula is C24H27N3O6. The molecule has 9 heteroatoms. The summed E-state index contributed by atoms with van der Waals surface area (Å²) >= 11 is 0. The minimum atomic E-state index is -1.85. The monoisotopic (exact) mass is 453 g/mol. The van der Waals surface area contributed by atoms with E-state index in [-0.39, 0.29) is 19.8 Å². The molecule has 1 heterocycles. The number of para-hydroxylation sites is 1. The van der Waals surface area contributed by atoms with E-state index in [0.29, 0.717) is 22.5 Å². The first-order chi connectivity index (χ1) is 15.8. The SMILES string of the molecule is CCOC(=O)N1C(=O)C(C)(NC(=O)OCc2ccccc2)N=C(COC)c2cccc(C)c21. The molecule has 1 aliphatic heterocycles. The molecule has 0 aliphatic carbocycles. The third-order valence-electron chi connectivity index (χ3n) is 5.04. The third-order valence-corrected chi connectivity index (χ3v) is 5.04. The van der Waals surface area contributed by atoms with E-state index in [1.165, 1.54) is 14.0 Å². The average molecular weight is 453 g/mol. The number of alkyl carbamates (subject to hydrolysis) is 1. The number of benzene rings is 2. The lowest BCUT2D eigenvalue weighted by Gasteiger charge is -2.29. The zero-order valence-corrected chi connectivity index (χ0v) is 19.1. The molecule has 1 unspecified atom stereocenters. The summed E-state index contributed by atoms with van der Waals surface area (Å²) in [5.41, 5.74) is 0.849. The number of rotatable bonds is 6. The third kappa shape index (κ3) is 5.20. The molecule has 3 amide bonds. The van der Waals surface area contributed by atoms with Crippen LogP contribution in [0.2, 0.25) is 0 Å². The summed E-state index contributed by atoms with van der Waals surface area (Å²) in [7, 11) is 1.49. The second-order valence-corrected chi connectivity index (χ2v) is 7.56. The van der Waals surface area contributed by atoms with Crippen LogP contribution in [0.5, 0.6) is 0 Å². The molecule has 2 aromatic carbocycles. The van der Waals surface area contributed by atoms with Crippen molar-refractivity contribution in [2.45, 2.75) is 33.0 Å². The number of benzodiazepines with no additional fused rings is 1. The Balaban J connectivity index is 2.00. The van der Waals surface area contributed by atoms with Gasteiger partial charge < -0.3 is 14.2 Å². The molecule has 174 valence electrons. The number of carbonyl (C=O) groups is 3. The van der Waals surface area contributed by atoms with Crippen LogP contribution in [0.1, 0.15) is 30.5 Å². The Bertz CT molecular complexity index is 1070. The number of carbonyl (C=O) groups excluding carboxylic acids is 3. The van der Waals surface area contributed by atoms with E-state index < -0.39 is 23.8 Å². The van der Waals surface area contributed by atoms with Crippen molar-refractivity contribution in [2.24, 2.45) is 4.99 Å². The van der Waals surface area contributed by atoms with Gasteiger partial charge in [0.15, 0.2) is 0 Å². The van der Waals surface area contributed by atoms with Crippen LogP contribution in [0.4, 0.5) is 15.3 Å². The highest BCUT2D eigenvalue weighted by Crippen LogP contribution is 2.33. The molecule has 0 radical (unpaired) electrons. The maximum Gasteiger partial charge on any atom is 0.421 e. The predicted octanol–water partition coefficient (Wildman–Crippen LogP) is 3.58. The maximum atomic E-state index is 13.7. The van der Waals surface area contributed by atoms with E-state index >= 15 is 0 Å². The summed E-state index contributed by atoms with van der Waals surface area (Å²) < 4.78 is 15.7. The number of imide groups is 1. The predicted molar refractivity (Wildman–Crippen MR) is 122 cm³/mol. The fourth-order valence-electron chi connectivity index (χ4n) is 3.53. The number of fused-ring (bicyclic) bond motifs is 1. The number of hydrogen-bond acceptors (Lipinski definition) is 7. The highest BCUT2D eigenvalue weighted by atomic mass is 16.6. The molecule has 1 atom stereocenters. The molecule has 0 fully saturated rings. The smallest absolute Gasteiger partial charge is 0.421 e. The number of anilines is 1. The molecule has 0 saturated heterocycles. The van der Waals surface area contributed by atoms with Crippen molar-refractivity contribution in [3.8, 4) is 0 Å². The van der Waals surface area contributed by atoms with Crippen molar-refractivity contribution in [3.63, 3.8) is 0 Å². The Labute approximate surface area is 192 Å². The first-order valence-electron chi connectivity index (χ1n) is 10.5. The summed E-state index contributed by atoms with van der Waals surface area (Å²) in [6.07, 6.45) is -1.72. The molecular weight excluding hydrogens is 426 g/mol. The molecule has 33 heavy (non-hydrogen) atoms. The second-order valence-electron chi connectivity index (χ2n) is 7.56. The fraction of sp³-hybridized carbons (Fsp3) is 0.333. The van der Waals surface area contributed by atoms with E-state index in [1.807, 2.05) is 30.3 Å². The zero-order chi connectivity index (χ0) is 24.0. The number of hydrogen-bond donors (Lipinski definition) is 1. The molecule has 0 aromatic heterocycles. The van der Waals surface area contributed by atoms with Gasteiger partial charge in [-0.1, -0.05) is 48.5 Å². The Morgan fingerprint density at radius 3 is 2.45 bits per heavy atom. The Hall–Kier alpha value is -3.72. The minimum Gasteiger partial charge on any atom is -0.449 e. The molecule has 0 spiro atoms. The van der Waals surface area contributed by atoms with Gasteiger partial charge in [-0.25, -0.2) is 19.5 Å². The molecule has 0 bridgehead atoms. The van der Waals surface area contributed by atoms with Crippen LogP contribution < -0.4 is 10.2 Å². The number of nitrogens with zero attached hydrogens (tertiary/aromatic N) is 2. The van der Waals surface area contributed by atoms with E-state index in [9.17, 15) is 14.4 Å². The van der Waals surface area contributed by atoms with Gasteiger partial charge in [0.2, 0.25) is 5.66 Å². The summed E-state index contributed by atoms with van der Waals surface area (Å²) in [4.78, 5) is 44.6. The van der Waals surface area contributed by atoms with E-state index in [1.54, 1.807) is 32.0 Å². The van der Waals surface area contributed by atoms with Crippen LogP contribution in [0, 0.1) is 6.92 Å². The van der Waals surface area contributed by atoms with Gasteiger partial charge in [0.25, 0.3) is 5.91 Å². The van der Waals surface area contributed by atoms with Crippen molar-refractivity contribution in [1.29, 1.82) is 0 Å². The quantitative estimate of drug-likeness (QED) is 0.717. The highest BCUT2D eigenvalue weighted by Gasteiger charge is 2.46. The second kappa shape index (κ2) is 10.3. The fourth-order valence-corrected chi connectivity index (χ4v) is 3.53. The highest BCUT2D eigenvalue weighted by molar-refractivity contribution is 6.23. The first kappa shape index (κ1) is 23.9. The number of ether oxygens (including phenoxy) is 3. The average Bonchev–Trinajstić information content (AvgIpc) is 2.87. The lowest BCUT2D eigenvalue weighted by molar-refractivity contribution is -0.123. The van der Waals surface area contributed by atoms with Gasteiger partial charge >= 0.3 is 12.2 Å². The Morgan fingerprint density at radius 1 is 1.06 bits per heavy atom. The van der Waals surface area contributed by atoms with E-state index in [0.717, 1.165) is 10.5 Å². The molecule has 0 saturated carbocycles. The first-order valence-corrected chi connectivity index (χ1v) is 10.5. The van der Waals surface area contributed by atoms with Crippen molar-refractivity contribution < 1.29 is 28.6 Å². The van der Waals surface area contributed by atoms with Crippen molar-refractivity contribution in [2.75, 3.05) is 25.2 Å². The number of aryl methyl sites for hydroxylation is 1. The topological polar surface area (TPSA) is 107 Å². The molecule has 1 N–H and O–H groups in total. The molecule has 3 rings (SSSR count). The van der Waals surface area contributed by atoms with E-state index in [2.05, 4.69) is 10.3 Å². The Morgan fingerprint density at radius 2 is 1.79 bits per heavy atom. The van der Waals surface area contributed by atoms with Gasteiger partial charge in [0, 0.05) is 12.7 Å². The van der Waals surface area contributed by atoms with Gasteiger partial charge in [0.05, 0.1) is 24.6 Å². The number of amides is 3. The summed E-state index contributed by atoms with van der Waals surface area (Å²) in [5, 5.41) is 2.52. The maximum absolute atomic E-state index is 13.7. The van der Waals surface area contributed by atoms with Gasteiger partial charge in [-0.2, -0.15) is 0 Å². The lowest BCUT2D eigenvalue weighted by Crippen LogP contribution is -2.58. The van der Waals surface area contributed by atoms with Crippen LogP contribution in [-0.2, 0) is 25.6 Å². The number of aliphatic imine (C=N–C) groups is 1. The van der Waals surface area contributed by atoms with Crippen LogP contribution in [0.3, 0.4) is 0 Å². The standard InChI is InChI=1S/C24H27N3O6/c1-5-32-23(30)27-20-16(2)10-9-13-18(20)19(15-31-4)25-24(3,21(27)28)26-22(29)33-14-17-11-7-6-8-12-17/h6-13H,5,14-15H2,1-4H3,(H,26,29). The van der Waals surface area contributed by atoms with Crippen molar-refractivity contribution in [3.05, 3.63) is 65.2 Å². The normalized spacial score (nSPS) is 17.5. The van der Waals surface area contributed by atoms with Gasteiger partial charge in [-0.05, 0) is 31.9 Å². The van der Waals surface area contributed by atoms with Gasteiger partial charge in [-0.3, -0.25) is 10.1 Å². The lowest BCUT2D eigenvalue weighted by atomic mass is 10.0. The van der Waals surface area contributed by atoms with E-state index in [4.69, 9.17) is 14.2 Å². The Kier molecular flexibility index (Phi) is 7.44. The largest absolute Gasteiger partial charge is 0.449 e. The molecule has 1 aliphatic rings. The zero-order valence-electron chi connectivity index (χ0n) is 19.1. The minimum absolute atomic E-state index is 0.00646. The summed E-state index contributed by atoms with van der Waals surface area (Å²) in [6.45, 7) is 4.95. The van der Waals surface area contributed by atoms with Crippen molar-refractivity contribution >= 4 is 29.5 Å². The summed E-state index contributed by atoms with van der Waals surface area (Å²) in [5.74, 6) is -0.778. The van der Waals surface area contributed by atoms with Crippen LogP contribution in [0.15, 0.2) is 53.5 Å². The number of nitrogens with one attached hydrogen (secondary N) is 1. The van der Waals surface area contributed by atoms with Crippen LogP contribution in [-0.4, -0.2) is 49.8 Å². The number of methoxy groups -OCH3 is 1. The van der Waals surface area contributed by atoms with Gasteiger partial charge in [-0.15, -0.1) is 0 Å². The van der Waals surface area contributed by atoms with Gasteiger partial charge in [0.1, 0.15) is 6.61 Å². The van der Waals surface area contributed by atoms with Crippen molar-refractivity contribution in [1.82, 2.24) is 5.32 Å². The molecule has 2 aromatic rings. The molecule has 9 nitrogen and oxygen atoms in total. The van der Waals surface area contributed by atoms with Crippen LogP contribution in [0.25, 0.3) is 0 Å². The summed E-state index contributed by atoms with van der Waals surface area (Å²) in [6, 6.07) is 14.4.